The molecule has 1 aromatic carbocycles. The highest BCUT2D eigenvalue weighted by molar-refractivity contribution is 6.09. The second-order valence-electron chi connectivity index (χ2n) is 4.17. The van der Waals surface area contributed by atoms with Crippen LogP contribution >= 0.6 is 0 Å². The van der Waals surface area contributed by atoms with Crippen molar-refractivity contribution in [2.45, 2.75) is 39.5 Å². The van der Waals surface area contributed by atoms with Gasteiger partial charge in [-0.25, -0.2) is 0 Å². The third-order valence-corrected chi connectivity index (χ3v) is 2.65. The van der Waals surface area contributed by atoms with Crippen LogP contribution in [-0.2, 0) is 4.79 Å². The highest BCUT2D eigenvalue weighted by atomic mass is 16.5. The zero-order valence-corrected chi connectivity index (χ0v) is 11.1. The van der Waals surface area contributed by atoms with Gasteiger partial charge in [-0.15, -0.1) is 0 Å². The van der Waals surface area contributed by atoms with Gasteiger partial charge in [0.1, 0.15) is 11.5 Å². The van der Waals surface area contributed by atoms with E-state index in [1.807, 2.05) is 19.9 Å². The van der Waals surface area contributed by atoms with Crippen LogP contribution in [0.4, 0.5) is 0 Å². The highest BCUT2D eigenvalue weighted by Crippen LogP contribution is 2.20. The summed E-state index contributed by atoms with van der Waals surface area (Å²) in [5.41, 5.74) is 0.504. The van der Waals surface area contributed by atoms with Gasteiger partial charge in [0.2, 0.25) is 0 Å². The number of ketones is 2. The van der Waals surface area contributed by atoms with E-state index in [1.54, 1.807) is 18.2 Å². The summed E-state index contributed by atoms with van der Waals surface area (Å²) in [6, 6.07) is 7.07. The number of para-hydroxylation sites is 1. The van der Waals surface area contributed by atoms with E-state index >= 15 is 0 Å². The number of unbranched alkanes of at least 4 members (excludes halogenated alkanes) is 1. The number of Topliss-reactive ketones (excluding diaryl/α,β-unsaturated/α-hetero) is 2. The molecule has 0 fully saturated rings. The van der Waals surface area contributed by atoms with Crippen LogP contribution < -0.4 is 4.74 Å². The molecular weight excluding hydrogens is 228 g/mol. The summed E-state index contributed by atoms with van der Waals surface area (Å²) < 4.78 is 5.39. The first-order chi connectivity index (χ1) is 8.69. The number of rotatable bonds is 8. The molecule has 0 aliphatic rings. The van der Waals surface area contributed by atoms with Crippen LogP contribution in [0.2, 0.25) is 0 Å². The van der Waals surface area contributed by atoms with Gasteiger partial charge >= 0.3 is 0 Å². The minimum Gasteiger partial charge on any atom is -0.493 e. The number of carbonyl (C=O) groups excluding carboxylic acids is 2. The van der Waals surface area contributed by atoms with Gasteiger partial charge in [-0.3, -0.25) is 9.59 Å². The van der Waals surface area contributed by atoms with E-state index in [9.17, 15) is 9.59 Å². The standard InChI is InChI=1S/C15H20O3/c1-3-5-8-12(16)11-14(17)13-9-6-7-10-15(13)18-4-2/h6-7,9-10H,3-5,8,11H2,1-2H3. The summed E-state index contributed by atoms with van der Waals surface area (Å²) in [6.07, 6.45) is 2.28. The van der Waals surface area contributed by atoms with Crippen molar-refractivity contribution in [1.82, 2.24) is 0 Å². The van der Waals surface area contributed by atoms with E-state index in [0.29, 0.717) is 24.3 Å². The summed E-state index contributed by atoms with van der Waals surface area (Å²) >= 11 is 0. The molecule has 3 heteroatoms. The molecule has 0 bridgehead atoms. The van der Waals surface area contributed by atoms with Crippen LogP contribution in [0, 0.1) is 0 Å². The summed E-state index contributed by atoms with van der Waals surface area (Å²) in [5, 5.41) is 0. The van der Waals surface area contributed by atoms with Crippen LogP contribution in [0.3, 0.4) is 0 Å². The topological polar surface area (TPSA) is 43.4 Å². The van der Waals surface area contributed by atoms with E-state index in [0.717, 1.165) is 12.8 Å². The normalized spacial score (nSPS) is 10.1. The van der Waals surface area contributed by atoms with Crippen molar-refractivity contribution in [1.29, 1.82) is 0 Å². The summed E-state index contributed by atoms with van der Waals surface area (Å²) in [5.74, 6) is 0.418. The number of hydrogen-bond acceptors (Lipinski definition) is 3. The van der Waals surface area contributed by atoms with Crippen LogP contribution in [0.25, 0.3) is 0 Å². The fourth-order valence-electron chi connectivity index (χ4n) is 1.72. The predicted octanol–water partition coefficient (Wildman–Crippen LogP) is 3.42. The van der Waals surface area contributed by atoms with Gasteiger partial charge in [-0.05, 0) is 25.5 Å². The van der Waals surface area contributed by atoms with Crippen LogP contribution in [-0.4, -0.2) is 18.2 Å². The molecule has 1 rings (SSSR count). The molecule has 0 unspecified atom stereocenters. The fraction of sp³-hybridized carbons (Fsp3) is 0.467. The zero-order valence-electron chi connectivity index (χ0n) is 11.1. The Balaban J connectivity index is 2.68. The van der Waals surface area contributed by atoms with E-state index in [1.165, 1.54) is 0 Å². The van der Waals surface area contributed by atoms with Crippen molar-refractivity contribution in [2.75, 3.05) is 6.61 Å². The Hall–Kier alpha value is -1.64. The summed E-state index contributed by atoms with van der Waals surface area (Å²) in [4.78, 5) is 23.6. The van der Waals surface area contributed by atoms with Crippen molar-refractivity contribution in [2.24, 2.45) is 0 Å². The van der Waals surface area contributed by atoms with Crippen molar-refractivity contribution >= 4 is 11.6 Å². The molecule has 1 aromatic rings. The Morgan fingerprint density at radius 3 is 2.56 bits per heavy atom. The van der Waals surface area contributed by atoms with Gasteiger partial charge in [-0.1, -0.05) is 25.5 Å². The third-order valence-electron chi connectivity index (χ3n) is 2.65. The maximum absolute atomic E-state index is 12.0. The monoisotopic (exact) mass is 248 g/mol. The summed E-state index contributed by atoms with van der Waals surface area (Å²) in [7, 11) is 0. The van der Waals surface area contributed by atoms with E-state index in [-0.39, 0.29) is 18.0 Å². The van der Waals surface area contributed by atoms with Gasteiger partial charge in [0.25, 0.3) is 0 Å². The Morgan fingerprint density at radius 1 is 1.17 bits per heavy atom. The molecule has 0 atom stereocenters. The molecule has 0 aromatic heterocycles. The first kappa shape index (κ1) is 14.4. The molecule has 98 valence electrons. The van der Waals surface area contributed by atoms with Gasteiger partial charge in [0, 0.05) is 6.42 Å². The number of hydrogen-bond donors (Lipinski definition) is 0. The Bertz CT molecular complexity index is 410. The molecule has 0 saturated heterocycles. The van der Waals surface area contributed by atoms with Crippen molar-refractivity contribution in [3.05, 3.63) is 29.8 Å². The maximum atomic E-state index is 12.0. The van der Waals surface area contributed by atoms with Crippen molar-refractivity contribution in [3.8, 4) is 5.75 Å². The Morgan fingerprint density at radius 2 is 1.89 bits per heavy atom. The lowest BCUT2D eigenvalue weighted by atomic mass is 10.0. The molecule has 0 aliphatic heterocycles. The lowest BCUT2D eigenvalue weighted by molar-refractivity contribution is -0.118. The molecule has 0 radical (unpaired) electrons. The van der Waals surface area contributed by atoms with Crippen LogP contribution in [0.15, 0.2) is 24.3 Å². The average Bonchev–Trinajstić information content (AvgIpc) is 2.37. The molecular formula is C15H20O3. The van der Waals surface area contributed by atoms with Crippen LogP contribution in [0.1, 0.15) is 49.9 Å². The predicted molar refractivity (Wildman–Crippen MR) is 71.1 cm³/mol. The van der Waals surface area contributed by atoms with Crippen LogP contribution in [0.5, 0.6) is 5.75 Å². The quantitative estimate of drug-likeness (QED) is 0.523. The molecule has 18 heavy (non-hydrogen) atoms. The van der Waals surface area contributed by atoms with Gasteiger partial charge in [-0.2, -0.15) is 0 Å². The first-order valence-corrected chi connectivity index (χ1v) is 6.45. The smallest absolute Gasteiger partial charge is 0.173 e. The Kier molecular flexibility index (Phi) is 6.12. The number of carbonyl (C=O) groups is 2. The highest BCUT2D eigenvalue weighted by Gasteiger charge is 2.15. The lowest BCUT2D eigenvalue weighted by Gasteiger charge is -2.08. The zero-order chi connectivity index (χ0) is 13.4. The van der Waals surface area contributed by atoms with Gasteiger partial charge < -0.3 is 4.74 Å². The maximum Gasteiger partial charge on any atom is 0.173 e. The van der Waals surface area contributed by atoms with E-state index in [2.05, 4.69) is 0 Å². The van der Waals surface area contributed by atoms with E-state index < -0.39 is 0 Å². The SMILES string of the molecule is CCCCC(=O)CC(=O)c1ccccc1OCC. The van der Waals surface area contributed by atoms with E-state index in [4.69, 9.17) is 4.74 Å². The molecule has 0 amide bonds. The fourth-order valence-corrected chi connectivity index (χ4v) is 1.72. The van der Waals surface area contributed by atoms with Crippen molar-refractivity contribution in [3.63, 3.8) is 0 Å². The largest absolute Gasteiger partial charge is 0.493 e. The molecule has 0 aliphatic carbocycles. The minimum atomic E-state index is -0.153. The molecule has 0 heterocycles. The molecule has 0 N–H and O–H groups in total. The number of benzene rings is 1. The Labute approximate surface area is 108 Å². The minimum absolute atomic E-state index is 0.00755. The second-order valence-corrected chi connectivity index (χ2v) is 4.17. The second kappa shape index (κ2) is 7.64. The lowest BCUT2D eigenvalue weighted by Crippen LogP contribution is -2.09. The third kappa shape index (κ3) is 4.32. The average molecular weight is 248 g/mol. The van der Waals surface area contributed by atoms with Gasteiger partial charge in [0.05, 0.1) is 18.6 Å². The number of ether oxygens (including phenoxy) is 1. The molecule has 0 saturated carbocycles. The molecule has 0 spiro atoms. The van der Waals surface area contributed by atoms with Crippen molar-refractivity contribution < 1.29 is 14.3 Å². The summed E-state index contributed by atoms with van der Waals surface area (Å²) in [6.45, 7) is 4.40. The molecule has 3 nitrogen and oxygen atoms in total. The van der Waals surface area contributed by atoms with Gasteiger partial charge in [0.15, 0.2) is 5.78 Å². The first-order valence-electron chi connectivity index (χ1n) is 6.45.